The number of hydrogen-bond acceptors (Lipinski definition) is 7. The monoisotopic (exact) mass is 340 g/mol. The molecule has 0 unspecified atom stereocenters. The minimum atomic E-state index is 0.188. The van der Waals surface area contributed by atoms with Crippen LogP contribution in [0.2, 0.25) is 0 Å². The topological polar surface area (TPSA) is 59.0 Å². The van der Waals surface area contributed by atoms with Crippen molar-refractivity contribution in [2.24, 2.45) is 0 Å². The second-order valence-electron chi connectivity index (χ2n) is 4.98. The molecule has 0 aliphatic carbocycles. The molecule has 0 radical (unpaired) electrons. The molecule has 3 heterocycles. The lowest BCUT2D eigenvalue weighted by atomic mass is 9.99. The second-order valence-corrected chi connectivity index (χ2v) is 8.30. The number of aryl methyl sites for hydroxylation is 1. The van der Waals surface area contributed by atoms with Crippen molar-refractivity contribution in [2.75, 3.05) is 18.8 Å². The van der Waals surface area contributed by atoms with Crippen molar-refractivity contribution in [2.45, 2.75) is 30.0 Å². The van der Waals surface area contributed by atoms with Crippen molar-refractivity contribution in [1.29, 1.82) is 0 Å². The zero-order chi connectivity index (χ0) is 14.7. The van der Waals surface area contributed by atoms with Gasteiger partial charge in [-0.15, -0.1) is 21.5 Å². The van der Waals surface area contributed by atoms with E-state index in [9.17, 15) is 4.79 Å². The maximum Gasteiger partial charge on any atom is 0.233 e. The van der Waals surface area contributed by atoms with Gasteiger partial charge in [0.15, 0.2) is 4.34 Å². The van der Waals surface area contributed by atoms with Gasteiger partial charge in [0.05, 0.1) is 10.8 Å². The van der Waals surface area contributed by atoms with Crippen molar-refractivity contribution in [3.05, 3.63) is 21.6 Å². The highest BCUT2D eigenvalue weighted by atomic mass is 32.2. The normalized spacial score (nSPS) is 18.9. The van der Waals surface area contributed by atoms with Gasteiger partial charge in [-0.3, -0.25) is 4.79 Å². The van der Waals surface area contributed by atoms with E-state index in [1.807, 2.05) is 11.1 Å². The van der Waals surface area contributed by atoms with Gasteiger partial charge in [-0.2, -0.15) is 0 Å². The lowest BCUT2D eigenvalue weighted by Crippen LogP contribution is -2.40. The first-order valence-corrected chi connectivity index (χ1v) is 9.49. The molecular formula is C13H16N4OS3. The number of carbonyl (C=O) groups excluding carboxylic acids is 1. The molecule has 0 aromatic carbocycles. The minimum Gasteiger partial charge on any atom is -0.341 e. The number of carbonyl (C=O) groups is 1. The van der Waals surface area contributed by atoms with Crippen molar-refractivity contribution in [1.82, 2.24) is 20.1 Å². The van der Waals surface area contributed by atoms with E-state index in [1.54, 1.807) is 16.8 Å². The molecule has 3 rings (SSSR count). The van der Waals surface area contributed by atoms with E-state index < -0.39 is 0 Å². The molecule has 2 aromatic heterocycles. The molecule has 1 amide bonds. The molecule has 8 heteroatoms. The van der Waals surface area contributed by atoms with Crippen LogP contribution < -0.4 is 0 Å². The Bertz CT molecular complexity index is 598. The van der Waals surface area contributed by atoms with Crippen LogP contribution in [0.3, 0.4) is 0 Å². The van der Waals surface area contributed by atoms with E-state index in [-0.39, 0.29) is 5.91 Å². The lowest BCUT2D eigenvalue weighted by Gasteiger charge is -2.31. The highest BCUT2D eigenvalue weighted by Crippen LogP contribution is 2.30. The summed E-state index contributed by atoms with van der Waals surface area (Å²) in [4.78, 5) is 20.0. The number of likely N-dealkylation sites (tertiary alicyclic amines) is 1. The molecule has 1 aliphatic heterocycles. The second kappa shape index (κ2) is 6.85. The van der Waals surface area contributed by atoms with Gasteiger partial charge in [0, 0.05) is 30.1 Å². The number of rotatable bonds is 4. The Morgan fingerprint density at radius 1 is 1.57 bits per heavy atom. The summed E-state index contributed by atoms with van der Waals surface area (Å²) in [6, 6.07) is 0. The largest absolute Gasteiger partial charge is 0.341 e. The van der Waals surface area contributed by atoms with Gasteiger partial charge in [0.1, 0.15) is 5.51 Å². The molecule has 0 N–H and O–H groups in total. The molecule has 1 atom stereocenters. The van der Waals surface area contributed by atoms with E-state index in [1.165, 1.54) is 33.0 Å². The minimum absolute atomic E-state index is 0.188. The van der Waals surface area contributed by atoms with Crippen molar-refractivity contribution < 1.29 is 4.79 Å². The van der Waals surface area contributed by atoms with E-state index in [4.69, 9.17) is 0 Å². The van der Waals surface area contributed by atoms with Gasteiger partial charge < -0.3 is 4.90 Å². The molecule has 0 bridgehead atoms. The molecule has 1 saturated heterocycles. The number of amides is 1. The van der Waals surface area contributed by atoms with Gasteiger partial charge in [-0.25, -0.2) is 4.98 Å². The summed E-state index contributed by atoms with van der Waals surface area (Å²) in [5.74, 6) is 1.03. The highest BCUT2D eigenvalue weighted by molar-refractivity contribution is 8.01. The van der Waals surface area contributed by atoms with E-state index >= 15 is 0 Å². The first-order valence-electron chi connectivity index (χ1n) is 6.81. The van der Waals surface area contributed by atoms with Crippen LogP contribution in [0.5, 0.6) is 0 Å². The van der Waals surface area contributed by atoms with Gasteiger partial charge in [-0.05, 0) is 19.8 Å². The highest BCUT2D eigenvalue weighted by Gasteiger charge is 2.26. The molecule has 2 aromatic rings. The summed E-state index contributed by atoms with van der Waals surface area (Å²) in [6.45, 7) is 3.73. The van der Waals surface area contributed by atoms with Crippen molar-refractivity contribution in [3.63, 3.8) is 0 Å². The lowest BCUT2D eigenvalue weighted by molar-refractivity contribution is -0.129. The average molecular weight is 340 g/mol. The Morgan fingerprint density at radius 3 is 3.19 bits per heavy atom. The molecule has 0 saturated carbocycles. The van der Waals surface area contributed by atoms with Crippen molar-refractivity contribution >= 4 is 40.3 Å². The van der Waals surface area contributed by atoms with Crippen LogP contribution in [0.15, 0.2) is 16.0 Å². The molecule has 112 valence electrons. The summed E-state index contributed by atoms with van der Waals surface area (Å²) in [7, 11) is 0. The third kappa shape index (κ3) is 3.81. The van der Waals surface area contributed by atoms with Crippen LogP contribution in [0.4, 0.5) is 0 Å². The number of thiazole rings is 1. The molecule has 1 fully saturated rings. The SMILES string of the molecule is Cc1cnc([C@H]2CCCN(C(=O)CSc3nncs3)C2)s1. The quantitative estimate of drug-likeness (QED) is 0.801. The standard InChI is InChI=1S/C13H16N4OS3/c1-9-5-14-12(21-9)10-3-2-4-17(6-10)11(18)7-19-13-16-15-8-20-13/h5,8,10H,2-4,6-7H2,1H3/t10-/m0/s1. The Labute approximate surface area is 135 Å². The van der Waals surface area contributed by atoms with Crippen LogP contribution in [-0.2, 0) is 4.79 Å². The van der Waals surface area contributed by atoms with E-state index in [0.29, 0.717) is 11.7 Å². The summed E-state index contributed by atoms with van der Waals surface area (Å²) < 4.78 is 0.854. The Hall–Kier alpha value is -0.990. The number of hydrogen-bond donors (Lipinski definition) is 0. The number of piperidine rings is 1. The first kappa shape index (κ1) is 14.9. The smallest absolute Gasteiger partial charge is 0.233 e. The number of thioether (sulfide) groups is 1. The molecule has 21 heavy (non-hydrogen) atoms. The maximum atomic E-state index is 12.3. The predicted octanol–water partition coefficient (Wildman–Crippen LogP) is 2.80. The fraction of sp³-hybridized carbons (Fsp3) is 0.538. The van der Waals surface area contributed by atoms with Crippen LogP contribution in [-0.4, -0.2) is 44.8 Å². The zero-order valence-electron chi connectivity index (χ0n) is 11.7. The van der Waals surface area contributed by atoms with Crippen LogP contribution >= 0.6 is 34.4 Å². The van der Waals surface area contributed by atoms with Gasteiger partial charge in [0.2, 0.25) is 5.91 Å². The predicted molar refractivity (Wildman–Crippen MR) is 86.0 cm³/mol. The zero-order valence-corrected chi connectivity index (χ0v) is 14.1. The number of nitrogens with zero attached hydrogens (tertiary/aromatic N) is 4. The molecule has 5 nitrogen and oxygen atoms in total. The number of aromatic nitrogens is 3. The van der Waals surface area contributed by atoms with Gasteiger partial charge >= 0.3 is 0 Å². The van der Waals surface area contributed by atoms with E-state index in [2.05, 4.69) is 22.1 Å². The first-order chi connectivity index (χ1) is 10.2. The maximum absolute atomic E-state index is 12.3. The van der Waals surface area contributed by atoms with Crippen LogP contribution in [0.1, 0.15) is 28.6 Å². The van der Waals surface area contributed by atoms with Crippen LogP contribution in [0, 0.1) is 6.92 Å². The van der Waals surface area contributed by atoms with E-state index in [0.717, 1.165) is 30.3 Å². The Balaban J connectivity index is 1.56. The summed E-state index contributed by atoms with van der Waals surface area (Å²) in [5, 5.41) is 8.90. The third-order valence-electron chi connectivity index (χ3n) is 3.42. The van der Waals surface area contributed by atoms with Crippen LogP contribution in [0.25, 0.3) is 0 Å². The third-order valence-corrected chi connectivity index (χ3v) is 6.34. The fourth-order valence-corrected chi connectivity index (χ4v) is 4.70. The van der Waals surface area contributed by atoms with Gasteiger partial charge in [-0.1, -0.05) is 23.1 Å². The average Bonchev–Trinajstić information content (AvgIpc) is 3.16. The Kier molecular flexibility index (Phi) is 4.87. The summed E-state index contributed by atoms with van der Waals surface area (Å²) in [5.41, 5.74) is 1.69. The summed E-state index contributed by atoms with van der Waals surface area (Å²) in [6.07, 6.45) is 4.10. The molecule has 1 aliphatic rings. The Morgan fingerprint density at radius 2 is 2.48 bits per heavy atom. The summed E-state index contributed by atoms with van der Waals surface area (Å²) >= 11 is 4.69. The molecular weight excluding hydrogens is 324 g/mol. The molecule has 0 spiro atoms. The fourth-order valence-electron chi connectivity index (χ4n) is 2.41. The van der Waals surface area contributed by atoms with Crippen molar-refractivity contribution in [3.8, 4) is 0 Å². The van der Waals surface area contributed by atoms with Gasteiger partial charge in [0.25, 0.3) is 0 Å².